The smallest absolute Gasteiger partial charge is 0.338 e. The van der Waals surface area contributed by atoms with Crippen molar-refractivity contribution in [3.63, 3.8) is 0 Å². The number of ether oxygens (including phenoxy) is 5. The second-order valence-corrected chi connectivity index (χ2v) is 5.72. The highest BCUT2D eigenvalue weighted by atomic mass is 16.6. The van der Waals surface area contributed by atoms with Crippen molar-refractivity contribution in [3.8, 4) is 17.2 Å². The Morgan fingerprint density at radius 3 is 2.84 bits per heavy atom. The highest BCUT2D eigenvalue weighted by Crippen LogP contribution is 2.40. The van der Waals surface area contributed by atoms with E-state index in [1.807, 2.05) is 0 Å². The maximum absolute atomic E-state index is 12.2. The Morgan fingerprint density at radius 2 is 2.08 bits per heavy atom. The third-order valence-corrected chi connectivity index (χ3v) is 3.95. The average Bonchev–Trinajstić information content (AvgIpc) is 3.17. The predicted octanol–water partition coefficient (Wildman–Crippen LogP) is 0.918. The highest BCUT2D eigenvalue weighted by molar-refractivity contribution is 5.92. The van der Waals surface area contributed by atoms with Gasteiger partial charge < -0.3 is 29.0 Å². The fraction of sp³-hybridized carbons (Fsp3) is 0.529. The number of amides is 1. The van der Waals surface area contributed by atoms with Crippen molar-refractivity contribution in [3.05, 3.63) is 17.7 Å². The molecule has 0 aromatic heterocycles. The molecule has 0 bridgehead atoms. The maximum atomic E-state index is 12.2. The van der Waals surface area contributed by atoms with Gasteiger partial charge in [0, 0.05) is 13.2 Å². The van der Waals surface area contributed by atoms with Crippen LogP contribution in [0.3, 0.4) is 0 Å². The molecular weight excluding hydrogens is 330 g/mol. The molecule has 1 saturated heterocycles. The molecule has 1 aromatic carbocycles. The first-order valence-electron chi connectivity index (χ1n) is 8.20. The molecule has 1 atom stereocenters. The molecule has 0 unspecified atom stereocenters. The van der Waals surface area contributed by atoms with E-state index in [4.69, 9.17) is 23.7 Å². The number of methoxy groups -OCH3 is 1. The Hall–Kier alpha value is -2.48. The van der Waals surface area contributed by atoms with Crippen LogP contribution in [0.2, 0.25) is 0 Å². The monoisotopic (exact) mass is 351 g/mol. The van der Waals surface area contributed by atoms with Gasteiger partial charge in [-0.25, -0.2) is 4.79 Å². The molecule has 3 rings (SSSR count). The number of esters is 1. The third kappa shape index (κ3) is 4.33. The second-order valence-electron chi connectivity index (χ2n) is 5.72. The molecule has 1 aromatic rings. The topological polar surface area (TPSA) is 92.3 Å². The first kappa shape index (κ1) is 17.3. The molecule has 8 heteroatoms. The molecule has 2 heterocycles. The van der Waals surface area contributed by atoms with Crippen LogP contribution in [-0.4, -0.2) is 58.1 Å². The van der Waals surface area contributed by atoms with Crippen molar-refractivity contribution in [2.75, 3.05) is 40.1 Å². The van der Waals surface area contributed by atoms with Crippen molar-refractivity contribution in [1.82, 2.24) is 5.32 Å². The molecule has 2 aliphatic heterocycles. The zero-order valence-electron chi connectivity index (χ0n) is 14.0. The normalized spacial score (nSPS) is 18.5. The standard InChI is InChI=1S/C17H21NO7/c1-21-13-7-11(8-14-16(13)24-6-5-23-14)17(20)25-10-15(19)18-9-12-3-2-4-22-12/h7-8,12H,2-6,9-10H2,1H3,(H,18,19)/t12-/m1/s1. The van der Waals surface area contributed by atoms with Crippen molar-refractivity contribution < 1.29 is 33.3 Å². The first-order chi connectivity index (χ1) is 12.2. The summed E-state index contributed by atoms with van der Waals surface area (Å²) in [6.07, 6.45) is 1.97. The molecule has 136 valence electrons. The van der Waals surface area contributed by atoms with E-state index in [1.165, 1.54) is 19.2 Å². The van der Waals surface area contributed by atoms with Crippen molar-refractivity contribution >= 4 is 11.9 Å². The fourth-order valence-electron chi connectivity index (χ4n) is 2.69. The van der Waals surface area contributed by atoms with Crippen molar-refractivity contribution in [1.29, 1.82) is 0 Å². The van der Waals surface area contributed by atoms with Crippen LogP contribution in [0.15, 0.2) is 12.1 Å². The SMILES string of the molecule is COc1cc(C(=O)OCC(=O)NC[C@H]2CCCO2)cc2c1OCCO2. The van der Waals surface area contributed by atoms with Crippen molar-refractivity contribution in [2.24, 2.45) is 0 Å². The summed E-state index contributed by atoms with van der Waals surface area (Å²) in [6.45, 7) is 1.59. The van der Waals surface area contributed by atoms with E-state index in [2.05, 4.69) is 5.32 Å². The molecule has 0 aliphatic carbocycles. The van der Waals surface area contributed by atoms with Gasteiger partial charge in [0.05, 0.1) is 18.8 Å². The predicted molar refractivity (Wildman–Crippen MR) is 86.3 cm³/mol. The van der Waals surface area contributed by atoms with Gasteiger partial charge in [-0.05, 0) is 25.0 Å². The molecule has 1 N–H and O–H groups in total. The van der Waals surface area contributed by atoms with Gasteiger partial charge in [-0.1, -0.05) is 0 Å². The largest absolute Gasteiger partial charge is 0.493 e. The lowest BCUT2D eigenvalue weighted by Gasteiger charge is -2.21. The van der Waals surface area contributed by atoms with Crippen LogP contribution in [0.25, 0.3) is 0 Å². The molecule has 1 amide bonds. The fourth-order valence-corrected chi connectivity index (χ4v) is 2.69. The van der Waals surface area contributed by atoms with E-state index in [-0.39, 0.29) is 24.2 Å². The van der Waals surface area contributed by atoms with Gasteiger partial charge in [-0.2, -0.15) is 0 Å². The van der Waals surface area contributed by atoms with Crippen LogP contribution >= 0.6 is 0 Å². The van der Waals surface area contributed by atoms with E-state index in [1.54, 1.807) is 0 Å². The van der Waals surface area contributed by atoms with Crippen LogP contribution < -0.4 is 19.5 Å². The number of hydrogen-bond donors (Lipinski definition) is 1. The Morgan fingerprint density at radius 1 is 1.24 bits per heavy atom. The number of carbonyl (C=O) groups is 2. The summed E-state index contributed by atoms with van der Waals surface area (Å²) in [6, 6.07) is 3.02. The van der Waals surface area contributed by atoms with Crippen LogP contribution in [0.5, 0.6) is 17.2 Å². The first-order valence-corrected chi connectivity index (χ1v) is 8.20. The Bertz CT molecular complexity index is 623. The lowest BCUT2D eigenvalue weighted by atomic mass is 10.1. The lowest BCUT2D eigenvalue weighted by Crippen LogP contribution is -2.34. The molecule has 1 fully saturated rings. The van der Waals surface area contributed by atoms with Gasteiger partial charge in [0.2, 0.25) is 5.75 Å². The molecule has 0 radical (unpaired) electrons. The third-order valence-electron chi connectivity index (χ3n) is 3.95. The quantitative estimate of drug-likeness (QED) is 0.762. The summed E-state index contributed by atoms with van der Waals surface area (Å²) in [7, 11) is 1.47. The average molecular weight is 351 g/mol. The highest BCUT2D eigenvalue weighted by Gasteiger charge is 2.22. The molecule has 25 heavy (non-hydrogen) atoms. The summed E-state index contributed by atoms with van der Waals surface area (Å²) < 4.78 is 26.6. The van der Waals surface area contributed by atoms with Gasteiger partial charge in [0.25, 0.3) is 5.91 Å². The van der Waals surface area contributed by atoms with Gasteiger partial charge >= 0.3 is 5.97 Å². The minimum absolute atomic E-state index is 0.0432. The second kappa shape index (κ2) is 8.06. The van der Waals surface area contributed by atoms with Crippen LogP contribution in [0, 0.1) is 0 Å². The molecular formula is C17H21NO7. The van der Waals surface area contributed by atoms with E-state index in [0.29, 0.717) is 37.0 Å². The van der Waals surface area contributed by atoms with Crippen molar-refractivity contribution in [2.45, 2.75) is 18.9 Å². The summed E-state index contributed by atoms with van der Waals surface area (Å²) in [5.74, 6) is 0.253. The molecule has 0 saturated carbocycles. The number of carbonyl (C=O) groups excluding carboxylic acids is 2. The summed E-state index contributed by atoms with van der Waals surface area (Å²) in [5, 5.41) is 2.69. The number of hydrogen-bond acceptors (Lipinski definition) is 7. The Balaban J connectivity index is 1.54. The molecule has 2 aliphatic rings. The van der Waals surface area contributed by atoms with Gasteiger partial charge in [0.15, 0.2) is 18.1 Å². The summed E-state index contributed by atoms with van der Waals surface area (Å²) in [5.41, 5.74) is 0.230. The van der Waals surface area contributed by atoms with E-state index in [0.717, 1.165) is 19.4 Å². The minimum atomic E-state index is -0.637. The van der Waals surface area contributed by atoms with E-state index < -0.39 is 5.97 Å². The molecule has 0 spiro atoms. The lowest BCUT2D eigenvalue weighted by molar-refractivity contribution is -0.124. The Labute approximate surface area is 145 Å². The zero-order chi connectivity index (χ0) is 17.6. The van der Waals surface area contributed by atoms with Gasteiger partial charge in [-0.3, -0.25) is 4.79 Å². The summed E-state index contributed by atoms with van der Waals surface area (Å²) >= 11 is 0. The van der Waals surface area contributed by atoms with Crippen LogP contribution in [0.1, 0.15) is 23.2 Å². The number of nitrogens with one attached hydrogen (secondary N) is 1. The van der Waals surface area contributed by atoms with Crippen LogP contribution in [0.4, 0.5) is 0 Å². The minimum Gasteiger partial charge on any atom is -0.493 e. The molecule has 8 nitrogen and oxygen atoms in total. The number of benzene rings is 1. The van der Waals surface area contributed by atoms with E-state index >= 15 is 0 Å². The van der Waals surface area contributed by atoms with E-state index in [9.17, 15) is 9.59 Å². The number of fused-ring (bicyclic) bond motifs is 1. The maximum Gasteiger partial charge on any atom is 0.338 e. The number of rotatable bonds is 6. The zero-order valence-corrected chi connectivity index (χ0v) is 14.0. The van der Waals surface area contributed by atoms with Crippen LogP contribution in [-0.2, 0) is 14.3 Å². The van der Waals surface area contributed by atoms with Gasteiger partial charge in [-0.15, -0.1) is 0 Å². The summed E-state index contributed by atoms with van der Waals surface area (Å²) in [4.78, 5) is 24.0. The van der Waals surface area contributed by atoms with Gasteiger partial charge in [0.1, 0.15) is 13.2 Å². The Kier molecular flexibility index (Phi) is 5.60.